The minimum absolute atomic E-state index is 0.182. The third-order valence-electron chi connectivity index (χ3n) is 3.14. The Morgan fingerprint density at radius 2 is 2.05 bits per heavy atom. The van der Waals surface area contributed by atoms with Gasteiger partial charge in [0.25, 0.3) is 5.91 Å². The molecule has 1 amide bonds. The van der Waals surface area contributed by atoms with Crippen LogP contribution in [0.3, 0.4) is 0 Å². The molecular formula is C15H17BrN2O3. The van der Waals surface area contributed by atoms with Gasteiger partial charge < -0.3 is 19.8 Å². The Labute approximate surface area is 131 Å². The van der Waals surface area contributed by atoms with Crippen molar-refractivity contribution in [3.63, 3.8) is 0 Å². The number of hydrogen-bond acceptors (Lipinski definition) is 3. The van der Waals surface area contributed by atoms with Crippen molar-refractivity contribution in [3.8, 4) is 11.5 Å². The van der Waals surface area contributed by atoms with Crippen molar-refractivity contribution in [3.05, 3.63) is 46.2 Å². The molecule has 2 aromatic rings. The average Bonchev–Trinajstić information content (AvgIpc) is 2.93. The average molecular weight is 353 g/mol. The molecule has 0 unspecified atom stereocenters. The van der Waals surface area contributed by atoms with Gasteiger partial charge in [0.2, 0.25) is 0 Å². The number of nitrogens with one attached hydrogen (secondary N) is 2. The Hall–Kier alpha value is -1.95. The lowest BCUT2D eigenvalue weighted by Gasteiger charge is -2.18. The van der Waals surface area contributed by atoms with Gasteiger partial charge in [-0.05, 0) is 47.1 Å². The van der Waals surface area contributed by atoms with Crippen LogP contribution in [0.4, 0.5) is 0 Å². The summed E-state index contributed by atoms with van der Waals surface area (Å²) in [5.74, 6) is 1.24. The second-order valence-electron chi connectivity index (χ2n) is 4.53. The van der Waals surface area contributed by atoms with E-state index in [2.05, 4.69) is 26.2 Å². The van der Waals surface area contributed by atoms with Crippen LogP contribution in [-0.2, 0) is 0 Å². The number of amides is 1. The van der Waals surface area contributed by atoms with E-state index in [-0.39, 0.29) is 11.9 Å². The summed E-state index contributed by atoms with van der Waals surface area (Å²) in [6.07, 6.45) is 1.71. The van der Waals surface area contributed by atoms with E-state index < -0.39 is 0 Å². The van der Waals surface area contributed by atoms with Gasteiger partial charge in [-0.15, -0.1) is 0 Å². The summed E-state index contributed by atoms with van der Waals surface area (Å²) in [5, 5.41) is 2.93. The Balaban J connectivity index is 2.19. The number of H-pyrrole nitrogens is 1. The Morgan fingerprint density at radius 3 is 2.62 bits per heavy atom. The van der Waals surface area contributed by atoms with Gasteiger partial charge in [0.15, 0.2) is 0 Å². The van der Waals surface area contributed by atoms with Crippen molar-refractivity contribution >= 4 is 21.8 Å². The maximum absolute atomic E-state index is 12.2. The Bertz CT molecular complexity index is 640. The molecule has 1 atom stereocenters. The van der Waals surface area contributed by atoms with Gasteiger partial charge >= 0.3 is 0 Å². The van der Waals surface area contributed by atoms with E-state index in [1.807, 2.05) is 25.1 Å². The number of halogens is 1. The molecule has 0 spiro atoms. The molecule has 1 aromatic heterocycles. The van der Waals surface area contributed by atoms with E-state index in [9.17, 15) is 4.79 Å². The molecule has 0 saturated carbocycles. The number of aromatic nitrogens is 1. The summed E-state index contributed by atoms with van der Waals surface area (Å²) in [5.41, 5.74) is 1.35. The standard InChI is InChI=1S/C15H17BrN2O3/c1-9(18-15(19)13-6-10(16)8-17-13)12-7-11(20-2)4-5-14(12)21-3/h4-9,17H,1-3H3,(H,18,19)/t9-/m1/s1. The molecule has 112 valence electrons. The molecule has 2 rings (SSSR count). The van der Waals surface area contributed by atoms with Gasteiger partial charge in [0.1, 0.15) is 17.2 Å². The summed E-state index contributed by atoms with van der Waals surface area (Å²) < 4.78 is 11.4. The van der Waals surface area contributed by atoms with Gasteiger partial charge in [-0.2, -0.15) is 0 Å². The highest BCUT2D eigenvalue weighted by Crippen LogP contribution is 2.29. The van der Waals surface area contributed by atoms with Gasteiger partial charge in [0.05, 0.1) is 20.3 Å². The minimum atomic E-state index is -0.218. The third-order valence-corrected chi connectivity index (χ3v) is 3.60. The van der Waals surface area contributed by atoms with Crippen LogP contribution in [-0.4, -0.2) is 25.1 Å². The molecule has 1 heterocycles. The molecule has 0 saturated heterocycles. The molecule has 0 radical (unpaired) electrons. The van der Waals surface area contributed by atoms with Crippen LogP contribution >= 0.6 is 15.9 Å². The first kappa shape index (κ1) is 15.4. The van der Waals surface area contributed by atoms with E-state index in [0.717, 1.165) is 15.8 Å². The van der Waals surface area contributed by atoms with Crippen molar-refractivity contribution in [2.24, 2.45) is 0 Å². The van der Waals surface area contributed by atoms with E-state index in [1.165, 1.54) is 0 Å². The summed E-state index contributed by atoms with van der Waals surface area (Å²) in [6, 6.07) is 7.00. The number of ether oxygens (including phenoxy) is 2. The van der Waals surface area contributed by atoms with Crippen molar-refractivity contribution in [2.75, 3.05) is 14.2 Å². The molecule has 0 aliphatic heterocycles. The highest BCUT2D eigenvalue weighted by atomic mass is 79.9. The minimum Gasteiger partial charge on any atom is -0.497 e. The SMILES string of the molecule is COc1ccc(OC)c([C@@H](C)NC(=O)c2cc(Br)c[nH]2)c1. The molecule has 21 heavy (non-hydrogen) atoms. The van der Waals surface area contributed by atoms with E-state index in [4.69, 9.17) is 9.47 Å². The predicted octanol–water partition coefficient (Wildman–Crippen LogP) is 3.29. The number of carbonyl (C=O) groups is 1. The number of methoxy groups -OCH3 is 2. The normalized spacial score (nSPS) is 11.8. The van der Waals surface area contributed by atoms with Gasteiger partial charge in [0, 0.05) is 16.2 Å². The van der Waals surface area contributed by atoms with Crippen molar-refractivity contribution in [1.29, 1.82) is 0 Å². The highest BCUT2D eigenvalue weighted by Gasteiger charge is 2.17. The molecular weight excluding hydrogens is 336 g/mol. The number of hydrogen-bond donors (Lipinski definition) is 2. The fourth-order valence-corrected chi connectivity index (χ4v) is 2.37. The quantitative estimate of drug-likeness (QED) is 0.867. The molecule has 5 nitrogen and oxygen atoms in total. The van der Waals surface area contributed by atoms with Crippen LogP contribution in [0, 0.1) is 0 Å². The van der Waals surface area contributed by atoms with Gasteiger partial charge in [-0.3, -0.25) is 4.79 Å². The van der Waals surface area contributed by atoms with Crippen LogP contribution in [0.15, 0.2) is 34.9 Å². The molecule has 1 aromatic carbocycles. The number of aromatic amines is 1. The maximum atomic E-state index is 12.2. The van der Waals surface area contributed by atoms with Crippen LogP contribution < -0.4 is 14.8 Å². The van der Waals surface area contributed by atoms with Crippen LogP contribution in [0.1, 0.15) is 29.0 Å². The predicted molar refractivity (Wildman–Crippen MR) is 83.9 cm³/mol. The smallest absolute Gasteiger partial charge is 0.268 e. The lowest BCUT2D eigenvalue weighted by atomic mass is 10.1. The molecule has 0 aliphatic carbocycles. The summed E-state index contributed by atoms with van der Waals surface area (Å²) in [6.45, 7) is 1.90. The highest BCUT2D eigenvalue weighted by molar-refractivity contribution is 9.10. The topological polar surface area (TPSA) is 63.4 Å². The monoisotopic (exact) mass is 352 g/mol. The van der Waals surface area contributed by atoms with E-state index in [0.29, 0.717) is 11.4 Å². The Kier molecular flexibility index (Phi) is 4.90. The lowest BCUT2D eigenvalue weighted by molar-refractivity contribution is 0.0935. The third kappa shape index (κ3) is 3.58. The van der Waals surface area contributed by atoms with Gasteiger partial charge in [-0.1, -0.05) is 0 Å². The number of carbonyl (C=O) groups excluding carboxylic acids is 1. The molecule has 6 heteroatoms. The van der Waals surface area contributed by atoms with Crippen molar-refractivity contribution < 1.29 is 14.3 Å². The zero-order valence-corrected chi connectivity index (χ0v) is 13.7. The lowest BCUT2D eigenvalue weighted by Crippen LogP contribution is -2.27. The largest absolute Gasteiger partial charge is 0.497 e. The van der Waals surface area contributed by atoms with Crippen molar-refractivity contribution in [2.45, 2.75) is 13.0 Å². The first-order chi connectivity index (χ1) is 10.0. The number of benzene rings is 1. The second kappa shape index (κ2) is 6.67. The summed E-state index contributed by atoms with van der Waals surface area (Å²) in [4.78, 5) is 15.1. The molecule has 2 N–H and O–H groups in total. The zero-order chi connectivity index (χ0) is 15.4. The zero-order valence-electron chi connectivity index (χ0n) is 12.1. The van der Waals surface area contributed by atoms with E-state index >= 15 is 0 Å². The molecule has 0 aliphatic rings. The first-order valence-corrected chi connectivity index (χ1v) is 7.21. The van der Waals surface area contributed by atoms with Crippen LogP contribution in [0.2, 0.25) is 0 Å². The summed E-state index contributed by atoms with van der Waals surface area (Å²) >= 11 is 3.31. The number of rotatable bonds is 5. The second-order valence-corrected chi connectivity index (χ2v) is 5.45. The first-order valence-electron chi connectivity index (χ1n) is 6.42. The van der Waals surface area contributed by atoms with Crippen molar-refractivity contribution in [1.82, 2.24) is 10.3 Å². The molecule has 0 bridgehead atoms. The van der Waals surface area contributed by atoms with Crippen LogP contribution in [0.25, 0.3) is 0 Å². The fourth-order valence-electron chi connectivity index (χ4n) is 2.03. The fraction of sp³-hybridized carbons (Fsp3) is 0.267. The van der Waals surface area contributed by atoms with E-state index in [1.54, 1.807) is 26.5 Å². The van der Waals surface area contributed by atoms with Gasteiger partial charge in [-0.25, -0.2) is 0 Å². The molecule has 0 fully saturated rings. The summed E-state index contributed by atoms with van der Waals surface area (Å²) in [7, 11) is 3.20. The maximum Gasteiger partial charge on any atom is 0.268 e. The Morgan fingerprint density at radius 1 is 1.29 bits per heavy atom. The van der Waals surface area contributed by atoms with Crippen LogP contribution in [0.5, 0.6) is 11.5 Å².